The van der Waals surface area contributed by atoms with Crippen molar-refractivity contribution in [2.45, 2.75) is 44.2 Å². The second-order valence-corrected chi connectivity index (χ2v) is 9.29. The number of para-hydroxylation sites is 1. The molecule has 36 heavy (non-hydrogen) atoms. The van der Waals surface area contributed by atoms with Gasteiger partial charge in [0.2, 0.25) is 11.7 Å². The number of halogens is 3. The number of nitrogens with one attached hydrogen (secondary N) is 1. The van der Waals surface area contributed by atoms with Gasteiger partial charge in [-0.2, -0.15) is 18.2 Å². The lowest BCUT2D eigenvalue weighted by Gasteiger charge is -2.36. The van der Waals surface area contributed by atoms with Crippen LogP contribution in [0.2, 0.25) is 0 Å². The van der Waals surface area contributed by atoms with Crippen LogP contribution >= 0.6 is 0 Å². The molecule has 0 bridgehead atoms. The summed E-state index contributed by atoms with van der Waals surface area (Å²) in [5.41, 5.74) is 0.786. The summed E-state index contributed by atoms with van der Waals surface area (Å²) < 4.78 is 45.2. The number of piperazine rings is 1. The van der Waals surface area contributed by atoms with E-state index in [1.165, 1.54) is 42.4 Å². The number of alkyl halides is 3. The fourth-order valence-electron chi connectivity index (χ4n) is 4.89. The third-order valence-electron chi connectivity index (χ3n) is 6.93. The molecule has 1 aromatic heterocycles. The molecule has 2 amide bonds. The molecule has 1 aliphatic carbocycles. The molecule has 3 aromatic rings. The summed E-state index contributed by atoms with van der Waals surface area (Å²) in [5.74, 6) is 1.67. The monoisotopic (exact) mass is 499 g/mol. The Morgan fingerprint density at radius 3 is 2.33 bits per heavy atom. The van der Waals surface area contributed by atoms with Gasteiger partial charge >= 0.3 is 12.2 Å². The highest BCUT2D eigenvalue weighted by atomic mass is 19.4. The van der Waals surface area contributed by atoms with E-state index in [1.807, 2.05) is 24.3 Å². The van der Waals surface area contributed by atoms with Crippen molar-refractivity contribution in [2.24, 2.45) is 0 Å². The minimum absolute atomic E-state index is 0.235. The summed E-state index contributed by atoms with van der Waals surface area (Å²) in [5, 5.41) is 6.59. The smallest absolute Gasteiger partial charge is 0.368 e. The molecule has 1 aliphatic heterocycles. The molecule has 2 heterocycles. The van der Waals surface area contributed by atoms with E-state index in [9.17, 15) is 18.0 Å². The average molecular weight is 500 g/mol. The summed E-state index contributed by atoms with van der Waals surface area (Å²) in [4.78, 5) is 20.9. The van der Waals surface area contributed by atoms with Gasteiger partial charge in [-0.25, -0.2) is 4.79 Å². The third kappa shape index (κ3) is 5.32. The molecule has 2 aliphatic rings. The SMILES string of the molecule is O=C(Nc1ccccc1C(F)(F)F)N1CCN(c2ccc(-c3noc(C4CCCCC4)n3)cc2)CC1. The molecule has 1 saturated heterocycles. The van der Waals surface area contributed by atoms with Gasteiger partial charge in [0.15, 0.2) is 0 Å². The zero-order valence-corrected chi connectivity index (χ0v) is 19.8. The zero-order chi connectivity index (χ0) is 25.1. The Balaban J connectivity index is 1.17. The lowest BCUT2D eigenvalue weighted by Crippen LogP contribution is -2.50. The summed E-state index contributed by atoms with van der Waals surface area (Å²) >= 11 is 0. The summed E-state index contributed by atoms with van der Waals surface area (Å²) in [6, 6.07) is 12.4. The summed E-state index contributed by atoms with van der Waals surface area (Å²) in [6.45, 7) is 1.94. The molecule has 2 aromatic carbocycles. The molecule has 0 radical (unpaired) electrons. The highest BCUT2D eigenvalue weighted by molar-refractivity contribution is 5.90. The second-order valence-electron chi connectivity index (χ2n) is 9.29. The second kappa shape index (κ2) is 10.2. The molecule has 5 rings (SSSR count). The van der Waals surface area contributed by atoms with Crippen LogP contribution in [0.15, 0.2) is 53.1 Å². The molecule has 1 N–H and O–H groups in total. The largest absolute Gasteiger partial charge is 0.418 e. The van der Waals surface area contributed by atoms with Crippen LogP contribution in [-0.2, 0) is 6.18 Å². The topological polar surface area (TPSA) is 74.5 Å². The van der Waals surface area contributed by atoms with Crippen molar-refractivity contribution in [3.05, 3.63) is 60.0 Å². The van der Waals surface area contributed by atoms with Crippen LogP contribution in [0.5, 0.6) is 0 Å². The van der Waals surface area contributed by atoms with Crippen LogP contribution in [0, 0.1) is 0 Å². The van der Waals surface area contributed by atoms with E-state index >= 15 is 0 Å². The van der Waals surface area contributed by atoms with Crippen LogP contribution in [0.3, 0.4) is 0 Å². The highest BCUT2D eigenvalue weighted by Crippen LogP contribution is 2.35. The first-order chi connectivity index (χ1) is 17.4. The third-order valence-corrected chi connectivity index (χ3v) is 6.93. The van der Waals surface area contributed by atoms with Crippen molar-refractivity contribution >= 4 is 17.4 Å². The quantitative estimate of drug-likeness (QED) is 0.466. The standard InChI is InChI=1S/C26H28F3N5O2/c27-26(28,29)21-8-4-5-9-22(21)30-25(35)34-16-14-33(15-17-34)20-12-10-18(11-13-20)23-31-24(36-32-23)19-6-2-1-3-7-19/h4-5,8-13,19H,1-3,6-7,14-17H2,(H,30,35). The van der Waals surface area contributed by atoms with Crippen molar-refractivity contribution in [1.82, 2.24) is 15.0 Å². The van der Waals surface area contributed by atoms with E-state index in [-0.39, 0.29) is 5.69 Å². The Labute approximate surface area is 207 Å². The number of anilines is 2. The number of carbonyl (C=O) groups excluding carboxylic acids is 1. The van der Waals surface area contributed by atoms with Gasteiger partial charge in [-0.1, -0.05) is 36.6 Å². The normalized spacial score (nSPS) is 17.3. The van der Waals surface area contributed by atoms with Crippen LogP contribution in [0.1, 0.15) is 49.5 Å². The predicted molar refractivity (Wildman–Crippen MR) is 130 cm³/mol. The van der Waals surface area contributed by atoms with Gasteiger partial charge in [0.25, 0.3) is 0 Å². The fourth-order valence-corrected chi connectivity index (χ4v) is 4.89. The highest BCUT2D eigenvalue weighted by Gasteiger charge is 2.34. The molecular weight excluding hydrogens is 471 g/mol. The number of rotatable bonds is 4. The molecule has 0 spiro atoms. The van der Waals surface area contributed by atoms with Crippen LogP contribution in [0.4, 0.5) is 29.3 Å². The predicted octanol–water partition coefficient (Wildman–Crippen LogP) is 6.16. The molecule has 0 atom stereocenters. The maximum atomic E-state index is 13.2. The number of carbonyl (C=O) groups is 1. The summed E-state index contributed by atoms with van der Waals surface area (Å²) in [7, 11) is 0. The van der Waals surface area contributed by atoms with Gasteiger partial charge < -0.3 is 19.6 Å². The van der Waals surface area contributed by atoms with Gasteiger partial charge in [0.1, 0.15) is 0 Å². The first-order valence-electron chi connectivity index (χ1n) is 12.3. The lowest BCUT2D eigenvalue weighted by molar-refractivity contribution is -0.136. The Hall–Kier alpha value is -3.56. The number of hydrogen-bond acceptors (Lipinski definition) is 5. The molecule has 7 nitrogen and oxygen atoms in total. The number of amides is 2. The van der Waals surface area contributed by atoms with Crippen molar-refractivity contribution < 1.29 is 22.5 Å². The van der Waals surface area contributed by atoms with E-state index in [1.54, 1.807) is 0 Å². The van der Waals surface area contributed by atoms with Gasteiger partial charge in [-0.3, -0.25) is 0 Å². The molecular formula is C26H28F3N5O2. The van der Waals surface area contributed by atoms with Crippen molar-refractivity contribution in [3.63, 3.8) is 0 Å². The van der Waals surface area contributed by atoms with Crippen LogP contribution in [-0.4, -0.2) is 47.3 Å². The van der Waals surface area contributed by atoms with Crippen molar-refractivity contribution in [2.75, 3.05) is 36.4 Å². The Bertz CT molecular complexity index is 1180. The van der Waals surface area contributed by atoms with E-state index in [4.69, 9.17) is 4.52 Å². The Morgan fingerprint density at radius 2 is 1.64 bits per heavy atom. The molecule has 2 fully saturated rings. The van der Waals surface area contributed by atoms with Gasteiger partial charge in [-0.15, -0.1) is 0 Å². The van der Waals surface area contributed by atoms with Crippen molar-refractivity contribution in [1.29, 1.82) is 0 Å². The fraction of sp³-hybridized carbons (Fsp3) is 0.423. The lowest BCUT2D eigenvalue weighted by atomic mass is 9.89. The van der Waals surface area contributed by atoms with Crippen LogP contribution < -0.4 is 10.2 Å². The summed E-state index contributed by atoms with van der Waals surface area (Å²) in [6.07, 6.45) is 1.33. The molecule has 190 valence electrons. The maximum absolute atomic E-state index is 13.2. The number of aromatic nitrogens is 2. The molecule has 10 heteroatoms. The molecule has 1 saturated carbocycles. The number of urea groups is 1. The van der Waals surface area contributed by atoms with E-state index in [2.05, 4.69) is 20.4 Å². The number of hydrogen-bond donors (Lipinski definition) is 1. The zero-order valence-electron chi connectivity index (χ0n) is 19.8. The first-order valence-corrected chi connectivity index (χ1v) is 12.3. The van der Waals surface area contributed by atoms with E-state index < -0.39 is 17.8 Å². The number of benzene rings is 2. The number of nitrogens with zero attached hydrogens (tertiary/aromatic N) is 4. The maximum Gasteiger partial charge on any atom is 0.418 e. The Kier molecular flexibility index (Phi) is 6.84. The minimum Gasteiger partial charge on any atom is -0.368 e. The van der Waals surface area contributed by atoms with Gasteiger partial charge in [0, 0.05) is 43.3 Å². The first kappa shape index (κ1) is 24.1. The van der Waals surface area contributed by atoms with Gasteiger partial charge in [0.05, 0.1) is 11.3 Å². The van der Waals surface area contributed by atoms with E-state index in [0.717, 1.165) is 36.0 Å². The average Bonchev–Trinajstić information content (AvgIpc) is 3.40. The van der Waals surface area contributed by atoms with Crippen LogP contribution in [0.25, 0.3) is 11.4 Å². The van der Waals surface area contributed by atoms with Gasteiger partial charge in [-0.05, 0) is 49.2 Å². The van der Waals surface area contributed by atoms with E-state index in [0.29, 0.717) is 37.9 Å². The van der Waals surface area contributed by atoms with Crippen molar-refractivity contribution in [3.8, 4) is 11.4 Å². The minimum atomic E-state index is -4.53. The Morgan fingerprint density at radius 1 is 0.944 bits per heavy atom. The molecule has 0 unspecified atom stereocenters.